The Morgan fingerprint density at radius 2 is 1.55 bits per heavy atom. The van der Waals surface area contributed by atoms with Gasteiger partial charge < -0.3 is 24.8 Å². The number of unbranched alkanes of at least 4 members (excludes halogenated alkanes) is 3. The summed E-state index contributed by atoms with van der Waals surface area (Å²) in [6, 6.07) is 15.0. The fourth-order valence-electron chi connectivity index (χ4n) is 2.71. The monoisotopic (exact) mass is 400 g/mol. The average molecular weight is 401 g/mol. The summed E-state index contributed by atoms with van der Waals surface area (Å²) in [5, 5.41) is 6.00. The summed E-state index contributed by atoms with van der Waals surface area (Å²) in [7, 11) is 1.63. The molecule has 6 nitrogen and oxygen atoms in total. The van der Waals surface area contributed by atoms with Crippen LogP contribution in [0.2, 0.25) is 0 Å². The molecule has 1 amide bonds. The summed E-state index contributed by atoms with van der Waals surface area (Å²) in [5.74, 6) is 1.38. The van der Waals surface area contributed by atoms with Gasteiger partial charge in [-0.25, -0.2) is 0 Å². The van der Waals surface area contributed by atoms with Crippen LogP contribution in [0.1, 0.15) is 32.6 Å². The van der Waals surface area contributed by atoms with E-state index in [2.05, 4.69) is 17.6 Å². The summed E-state index contributed by atoms with van der Waals surface area (Å²) in [4.78, 5) is 12.3. The number of hydrogen-bond acceptors (Lipinski definition) is 5. The highest BCUT2D eigenvalue weighted by atomic mass is 16.5. The molecule has 0 saturated heterocycles. The highest BCUT2D eigenvalue weighted by Gasteiger charge is 2.05. The molecule has 6 heteroatoms. The second-order valence-corrected chi connectivity index (χ2v) is 6.71. The van der Waals surface area contributed by atoms with Gasteiger partial charge in [0.2, 0.25) is 5.91 Å². The van der Waals surface area contributed by atoms with E-state index in [0.29, 0.717) is 19.8 Å². The molecule has 0 fully saturated rings. The molecule has 0 heterocycles. The predicted molar refractivity (Wildman–Crippen MR) is 117 cm³/mol. The van der Waals surface area contributed by atoms with E-state index in [1.54, 1.807) is 7.11 Å². The van der Waals surface area contributed by atoms with E-state index in [0.717, 1.165) is 29.3 Å². The van der Waals surface area contributed by atoms with Crippen molar-refractivity contribution in [3.63, 3.8) is 0 Å². The molecule has 2 aromatic carbocycles. The van der Waals surface area contributed by atoms with E-state index in [1.165, 1.54) is 19.3 Å². The molecule has 0 atom stereocenters. The molecule has 0 aliphatic carbocycles. The lowest BCUT2D eigenvalue weighted by molar-refractivity contribution is -0.114. The molecule has 29 heavy (non-hydrogen) atoms. The van der Waals surface area contributed by atoms with Gasteiger partial charge in [-0.15, -0.1) is 0 Å². The van der Waals surface area contributed by atoms with Gasteiger partial charge in [-0.3, -0.25) is 4.79 Å². The van der Waals surface area contributed by atoms with Crippen LogP contribution in [0.15, 0.2) is 48.5 Å². The van der Waals surface area contributed by atoms with Crippen LogP contribution in [0.25, 0.3) is 0 Å². The number of anilines is 2. The number of benzene rings is 2. The van der Waals surface area contributed by atoms with Gasteiger partial charge >= 0.3 is 0 Å². The fraction of sp³-hybridized carbons (Fsp3) is 0.435. The lowest BCUT2D eigenvalue weighted by atomic mass is 10.2. The first-order chi connectivity index (χ1) is 14.2. The highest BCUT2D eigenvalue weighted by molar-refractivity contribution is 5.93. The maximum absolute atomic E-state index is 12.3. The van der Waals surface area contributed by atoms with Gasteiger partial charge in [-0.2, -0.15) is 0 Å². The van der Waals surface area contributed by atoms with Gasteiger partial charge in [-0.05, 0) is 30.7 Å². The number of methoxy groups -OCH3 is 1. The van der Waals surface area contributed by atoms with Crippen molar-refractivity contribution in [2.75, 3.05) is 44.1 Å². The molecule has 0 bridgehead atoms. The minimum Gasteiger partial charge on any atom is -0.494 e. The standard InChI is InChI=1S/C23H32N2O4/c1-3-4-5-6-13-28-22-12-8-10-20(17-22)25-23(26)18-24-19-9-7-11-21(16-19)29-15-14-27-2/h7-12,16-17,24H,3-6,13-15,18H2,1-2H3,(H,25,26). The normalized spacial score (nSPS) is 10.4. The quantitative estimate of drug-likeness (QED) is 0.449. The van der Waals surface area contributed by atoms with Crippen molar-refractivity contribution in [3.8, 4) is 11.5 Å². The van der Waals surface area contributed by atoms with Gasteiger partial charge in [0, 0.05) is 30.6 Å². The molecule has 2 N–H and O–H groups in total. The van der Waals surface area contributed by atoms with Crippen LogP contribution < -0.4 is 20.1 Å². The SMILES string of the molecule is CCCCCCOc1cccc(NC(=O)CNc2cccc(OCCOC)c2)c1. The number of rotatable bonds is 14. The molecule has 0 saturated carbocycles. The van der Waals surface area contributed by atoms with Gasteiger partial charge in [0.1, 0.15) is 18.1 Å². The third kappa shape index (κ3) is 9.34. The number of hydrogen-bond donors (Lipinski definition) is 2. The molecule has 0 aliphatic rings. The van der Waals surface area contributed by atoms with Crippen molar-refractivity contribution in [3.05, 3.63) is 48.5 Å². The maximum Gasteiger partial charge on any atom is 0.243 e. The third-order valence-electron chi connectivity index (χ3n) is 4.23. The molecular weight excluding hydrogens is 368 g/mol. The fourth-order valence-corrected chi connectivity index (χ4v) is 2.71. The molecule has 2 rings (SSSR count). The second-order valence-electron chi connectivity index (χ2n) is 6.71. The highest BCUT2D eigenvalue weighted by Crippen LogP contribution is 2.19. The van der Waals surface area contributed by atoms with Crippen LogP contribution >= 0.6 is 0 Å². The maximum atomic E-state index is 12.3. The van der Waals surface area contributed by atoms with E-state index in [4.69, 9.17) is 14.2 Å². The zero-order chi connectivity index (χ0) is 20.7. The van der Waals surface area contributed by atoms with Gasteiger partial charge in [-0.1, -0.05) is 38.3 Å². The molecule has 2 aromatic rings. The molecule has 0 spiro atoms. The Hall–Kier alpha value is -2.73. The van der Waals surface area contributed by atoms with Gasteiger partial charge in [0.05, 0.1) is 19.8 Å². The van der Waals surface area contributed by atoms with Crippen molar-refractivity contribution in [2.24, 2.45) is 0 Å². The smallest absolute Gasteiger partial charge is 0.243 e. The Labute approximate surface area is 173 Å². The lowest BCUT2D eigenvalue weighted by Crippen LogP contribution is -2.21. The molecule has 0 radical (unpaired) electrons. The number of carbonyl (C=O) groups is 1. The van der Waals surface area contributed by atoms with E-state index in [1.807, 2.05) is 48.5 Å². The first-order valence-corrected chi connectivity index (χ1v) is 10.2. The van der Waals surface area contributed by atoms with Gasteiger partial charge in [0.25, 0.3) is 0 Å². The van der Waals surface area contributed by atoms with Crippen LogP contribution in [-0.4, -0.2) is 39.4 Å². The summed E-state index contributed by atoms with van der Waals surface area (Å²) in [6.45, 7) is 4.06. The average Bonchev–Trinajstić information content (AvgIpc) is 2.73. The number of nitrogens with one attached hydrogen (secondary N) is 2. The Morgan fingerprint density at radius 1 is 0.862 bits per heavy atom. The van der Waals surface area contributed by atoms with Gasteiger partial charge in [0.15, 0.2) is 0 Å². The second kappa shape index (κ2) is 13.4. The Bertz CT molecular complexity index is 736. The predicted octanol–water partition coefficient (Wildman–Crippen LogP) is 4.72. The first kappa shape index (κ1) is 22.6. The molecule has 0 unspecified atom stereocenters. The Balaban J connectivity index is 1.76. The van der Waals surface area contributed by atoms with E-state index < -0.39 is 0 Å². The molecule has 158 valence electrons. The third-order valence-corrected chi connectivity index (χ3v) is 4.23. The minimum atomic E-state index is -0.129. The largest absolute Gasteiger partial charge is 0.494 e. The van der Waals surface area contributed by atoms with Crippen LogP contribution in [0.4, 0.5) is 11.4 Å². The molecular formula is C23H32N2O4. The molecule has 0 aliphatic heterocycles. The number of ether oxygens (including phenoxy) is 3. The van der Waals surface area contributed by atoms with E-state index in [-0.39, 0.29) is 12.5 Å². The van der Waals surface area contributed by atoms with Crippen molar-refractivity contribution in [1.82, 2.24) is 0 Å². The van der Waals surface area contributed by atoms with Crippen LogP contribution in [0.3, 0.4) is 0 Å². The Morgan fingerprint density at radius 3 is 2.28 bits per heavy atom. The summed E-state index contributed by atoms with van der Waals surface area (Å²) < 4.78 is 16.3. The van der Waals surface area contributed by atoms with Crippen LogP contribution in [0, 0.1) is 0 Å². The molecule has 0 aromatic heterocycles. The zero-order valence-corrected chi connectivity index (χ0v) is 17.4. The van der Waals surface area contributed by atoms with Crippen molar-refractivity contribution in [1.29, 1.82) is 0 Å². The van der Waals surface area contributed by atoms with E-state index >= 15 is 0 Å². The number of carbonyl (C=O) groups excluding carboxylic acids is 1. The van der Waals surface area contributed by atoms with Crippen molar-refractivity contribution < 1.29 is 19.0 Å². The summed E-state index contributed by atoms with van der Waals surface area (Å²) in [6.07, 6.45) is 4.66. The minimum absolute atomic E-state index is 0.129. The van der Waals surface area contributed by atoms with Crippen LogP contribution in [0.5, 0.6) is 11.5 Å². The summed E-state index contributed by atoms with van der Waals surface area (Å²) in [5.41, 5.74) is 1.54. The van der Waals surface area contributed by atoms with Crippen molar-refractivity contribution >= 4 is 17.3 Å². The first-order valence-electron chi connectivity index (χ1n) is 10.2. The Kier molecular flexibility index (Phi) is 10.5. The van der Waals surface area contributed by atoms with Crippen molar-refractivity contribution in [2.45, 2.75) is 32.6 Å². The zero-order valence-electron chi connectivity index (χ0n) is 17.4. The van der Waals surface area contributed by atoms with Crippen LogP contribution in [-0.2, 0) is 9.53 Å². The lowest BCUT2D eigenvalue weighted by Gasteiger charge is -2.11. The topological polar surface area (TPSA) is 68.8 Å². The number of amides is 1. The van der Waals surface area contributed by atoms with E-state index in [9.17, 15) is 4.79 Å². The summed E-state index contributed by atoms with van der Waals surface area (Å²) >= 11 is 0.